The van der Waals surface area contributed by atoms with Crippen LogP contribution in [0.5, 0.6) is 0 Å². The van der Waals surface area contributed by atoms with Crippen molar-refractivity contribution in [1.82, 2.24) is 0 Å². The van der Waals surface area contributed by atoms with Crippen molar-refractivity contribution >= 4 is 5.97 Å². The fourth-order valence-corrected chi connectivity index (χ4v) is 0.958. The summed E-state index contributed by atoms with van der Waals surface area (Å²) in [6.07, 6.45) is 1.65. The van der Waals surface area contributed by atoms with E-state index >= 15 is 0 Å². The van der Waals surface area contributed by atoms with Crippen molar-refractivity contribution < 1.29 is 24.9 Å². The molecule has 5 heteroatoms. The van der Waals surface area contributed by atoms with E-state index in [1.807, 2.05) is 6.92 Å². The van der Waals surface area contributed by atoms with E-state index in [-0.39, 0.29) is 17.8 Å². The van der Waals surface area contributed by atoms with Gasteiger partial charge in [0.15, 0.2) is 0 Å². The molecule has 0 rings (SSSR count). The molecule has 0 aromatic rings. The molecule has 88 valence electrons. The van der Waals surface area contributed by atoms with Gasteiger partial charge in [-0.25, -0.2) is 4.79 Å². The van der Waals surface area contributed by atoms with Crippen LogP contribution in [0.15, 0.2) is 11.1 Å². The van der Waals surface area contributed by atoms with E-state index < -0.39 is 25.8 Å². The van der Waals surface area contributed by atoms with Gasteiger partial charge in [-0.2, -0.15) is 0 Å². The number of esters is 1. The summed E-state index contributed by atoms with van der Waals surface area (Å²) in [5.41, 5.74) is 0.0371. The maximum atomic E-state index is 11.3. The summed E-state index contributed by atoms with van der Waals surface area (Å²) in [5, 5.41) is 26.5. The Bertz CT molecular complexity index is 216. The Morgan fingerprint density at radius 3 is 2.13 bits per heavy atom. The molecule has 0 radical (unpaired) electrons. The van der Waals surface area contributed by atoms with Gasteiger partial charge in [0.1, 0.15) is 0 Å². The predicted octanol–water partition coefficient (Wildman–Crippen LogP) is -0.397. The van der Waals surface area contributed by atoms with Crippen molar-refractivity contribution in [2.75, 3.05) is 26.4 Å². The van der Waals surface area contributed by atoms with Crippen LogP contribution in [0.25, 0.3) is 0 Å². The average Bonchev–Trinajstić information content (AvgIpc) is 2.25. The number of rotatable bonds is 7. The molecule has 0 aromatic carbocycles. The van der Waals surface area contributed by atoms with Crippen molar-refractivity contribution in [3.8, 4) is 0 Å². The minimum atomic E-state index is -0.677. The quantitative estimate of drug-likeness (QED) is 0.307. The van der Waals surface area contributed by atoms with Crippen LogP contribution in [0, 0.1) is 0 Å². The van der Waals surface area contributed by atoms with Crippen molar-refractivity contribution in [1.29, 1.82) is 0 Å². The molecular formula is C10H18O5. The van der Waals surface area contributed by atoms with Crippen LogP contribution in [0.4, 0.5) is 0 Å². The minimum absolute atomic E-state index is 0.0592. The molecule has 0 unspecified atom stereocenters. The Morgan fingerprint density at radius 1 is 1.13 bits per heavy atom. The highest BCUT2D eigenvalue weighted by atomic mass is 16.5. The highest BCUT2D eigenvalue weighted by Crippen LogP contribution is 2.06. The number of aliphatic hydroxyl groups is 3. The molecule has 0 heterocycles. The fraction of sp³-hybridized carbons (Fsp3) is 0.700. The first-order valence-corrected chi connectivity index (χ1v) is 4.91. The zero-order valence-corrected chi connectivity index (χ0v) is 8.90. The van der Waals surface area contributed by atoms with Gasteiger partial charge >= 0.3 is 5.97 Å². The lowest BCUT2D eigenvalue weighted by molar-refractivity contribution is -0.139. The molecule has 5 nitrogen and oxygen atoms in total. The Labute approximate surface area is 89.0 Å². The summed E-state index contributed by atoms with van der Waals surface area (Å²) < 4.78 is 4.84. The van der Waals surface area contributed by atoms with E-state index in [1.165, 1.54) is 0 Å². The molecule has 0 spiro atoms. The number of aliphatic hydroxyl groups excluding tert-OH is 3. The molecule has 0 fully saturated rings. The van der Waals surface area contributed by atoms with Gasteiger partial charge in [-0.05, 0) is 12.0 Å². The second-order valence-electron chi connectivity index (χ2n) is 3.05. The second-order valence-corrected chi connectivity index (χ2v) is 3.05. The lowest BCUT2D eigenvalue weighted by Crippen LogP contribution is -2.17. The first kappa shape index (κ1) is 14.1. The number of ether oxygens (including phenoxy) is 1. The van der Waals surface area contributed by atoms with Crippen LogP contribution in [0.3, 0.4) is 0 Å². The number of hydrogen-bond acceptors (Lipinski definition) is 5. The molecule has 0 aliphatic rings. The van der Waals surface area contributed by atoms with Gasteiger partial charge in [-0.3, -0.25) is 0 Å². The maximum absolute atomic E-state index is 11.3. The summed E-state index contributed by atoms with van der Waals surface area (Å²) in [7, 11) is 0. The maximum Gasteiger partial charge on any atom is 0.336 e. The van der Waals surface area contributed by atoms with Gasteiger partial charge in [0.2, 0.25) is 0 Å². The summed E-state index contributed by atoms with van der Waals surface area (Å²) in [6, 6.07) is 0. The third-order valence-electron chi connectivity index (χ3n) is 1.94. The van der Waals surface area contributed by atoms with Crippen LogP contribution in [-0.4, -0.2) is 47.7 Å². The number of carbonyl (C=O) groups is 1. The highest BCUT2D eigenvalue weighted by molar-refractivity contribution is 5.89. The highest BCUT2D eigenvalue weighted by Gasteiger charge is 2.14. The Balaban J connectivity index is 4.39. The first-order chi connectivity index (χ1) is 7.21. The Morgan fingerprint density at radius 2 is 1.73 bits per heavy atom. The molecule has 3 N–H and O–H groups in total. The smallest absolute Gasteiger partial charge is 0.336 e. The standard InChI is InChI=1S/C10H18O5/c1-2-3-4-15-10(14)9(7-13)8(5-11)6-12/h11-13H,2-7H2,1H3. The summed E-state index contributed by atoms with van der Waals surface area (Å²) in [6.45, 7) is 0.776. The largest absolute Gasteiger partial charge is 0.462 e. The van der Waals surface area contributed by atoms with Crippen molar-refractivity contribution in [3.05, 3.63) is 11.1 Å². The zero-order valence-electron chi connectivity index (χ0n) is 8.90. The average molecular weight is 218 g/mol. The van der Waals surface area contributed by atoms with E-state index in [0.717, 1.165) is 12.8 Å². The SMILES string of the molecule is CCCCOC(=O)C(CO)=C(CO)CO. The molecule has 0 aliphatic carbocycles. The summed E-state index contributed by atoms with van der Waals surface area (Å²) >= 11 is 0. The third-order valence-corrected chi connectivity index (χ3v) is 1.94. The van der Waals surface area contributed by atoms with E-state index in [9.17, 15) is 4.79 Å². The molecule has 0 amide bonds. The second kappa shape index (κ2) is 8.40. The molecule has 0 saturated carbocycles. The lowest BCUT2D eigenvalue weighted by atomic mass is 10.1. The Kier molecular flexibility index (Phi) is 7.89. The van der Waals surface area contributed by atoms with Crippen molar-refractivity contribution in [2.24, 2.45) is 0 Å². The van der Waals surface area contributed by atoms with E-state index in [0.29, 0.717) is 0 Å². The minimum Gasteiger partial charge on any atom is -0.462 e. The monoisotopic (exact) mass is 218 g/mol. The van der Waals surface area contributed by atoms with Crippen molar-refractivity contribution in [3.63, 3.8) is 0 Å². The van der Waals surface area contributed by atoms with Gasteiger partial charge < -0.3 is 20.1 Å². The van der Waals surface area contributed by atoms with Gasteiger partial charge in [0, 0.05) is 0 Å². The van der Waals surface area contributed by atoms with E-state index in [4.69, 9.17) is 20.1 Å². The molecule has 0 atom stereocenters. The predicted molar refractivity (Wildman–Crippen MR) is 54.2 cm³/mol. The topological polar surface area (TPSA) is 87.0 Å². The van der Waals surface area contributed by atoms with Gasteiger partial charge in [0.25, 0.3) is 0 Å². The van der Waals surface area contributed by atoms with Gasteiger partial charge in [-0.15, -0.1) is 0 Å². The fourth-order valence-electron chi connectivity index (χ4n) is 0.958. The van der Waals surface area contributed by atoms with Crippen LogP contribution < -0.4 is 0 Å². The molecule has 0 bridgehead atoms. The van der Waals surface area contributed by atoms with Crippen molar-refractivity contribution in [2.45, 2.75) is 19.8 Å². The van der Waals surface area contributed by atoms with E-state index in [2.05, 4.69) is 0 Å². The normalized spacial score (nSPS) is 9.87. The lowest BCUT2D eigenvalue weighted by Gasteiger charge is -2.09. The first-order valence-electron chi connectivity index (χ1n) is 4.91. The zero-order chi connectivity index (χ0) is 11.7. The number of hydrogen-bond donors (Lipinski definition) is 3. The number of carbonyl (C=O) groups excluding carboxylic acids is 1. The summed E-state index contributed by atoms with van der Waals surface area (Å²) in [5.74, 6) is -0.677. The molecule has 0 aromatic heterocycles. The van der Waals surface area contributed by atoms with Crippen LogP contribution in [-0.2, 0) is 9.53 Å². The molecule has 15 heavy (non-hydrogen) atoms. The van der Waals surface area contributed by atoms with Gasteiger partial charge in [0.05, 0.1) is 32.0 Å². The molecular weight excluding hydrogens is 200 g/mol. The number of unbranched alkanes of at least 4 members (excludes halogenated alkanes) is 1. The van der Waals surface area contributed by atoms with Gasteiger partial charge in [-0.1, -0.05) is 13.3 Å². The third kappa shape index (κ3) is 4.92. The van der Waals surface area contributed by atoms with Crippen LogP contribution in [0.1, 0.15) is 19.8 Å². The molecule has 0 saturated heterocycles. The van der Waals surface area contributed by atoms with Crippen LogP contribution in [0.2, 0.25) is 0 Å². The molecule has 0 aliphatic heterocycles. The Hall–Kier alpha value is -0.910. The van der Waals surface area contributed by atoms with E-state index in [1.54, 1.807) is 0 Å². The van der Waals surface area contributed by atoms with Crippen LogP contribution >= 0.6 is 0 Å². The summed E-state index contributed by atoms with van der Waals surface area (Å²) in [4.78, 5) is 11.3.